The van der Waals surface area contributed by atoms with Gasteiger partial charge in [-0.3, -0.25) is 20.0 Å². The van der Waals surface area contributed by atoms with Gasteiger partial charge in [0.25, 0.3) is 0 Å². The van der Waals surface area contributed by atoms with Crippen molar-refractivity contribution < 1.29 is 97.4 Å². The summed E-state index contributed by atoms with van der Waals surface area (Å²) in [6.07, 6.45) is 6.32. The minimum Gasteiger partial charge on any atom is -2.00 e. The second-order valence-corrected chi connectivity index (χ2v) is 11.4. The number of aryl methyl sites for hydroxylation is 4. The van der Waals surface area contributed by atoms with Crippen LogP contribution < -0.4 is 39.1 Å². The zero-order valence-corrected chi connectivity index (χ0v) is 32.8. The first-order valence-electron chi connectivity index (χ1n) is 14.8. The van der Waals surface area contributed by atoms with Gasteiger partial charge in [-0.15, -0.1) is 33.2 Å². The molecule has 17 heteroatoms. The van der Waals surface area contributed by atoms with E-state index in [1.165, 1.54) is 0 Å². The Hall–Kier alpha value is -4.02. The van der Waals surface area contributed by atoms with Crippen LogP contribution in [0.1, 0.15) is 44.5 Å². The Morgan fingerprint density at radius 3 is 0.774 bits per heavy atom. The largest absolute Gasteiger partial charge is 4.00 e. The van der Waals surface area contributed by atoms with Crippen molar-refractivity contribution in [2.75, 3.05) is 26.2 Å². The van der Waals surface area contributed by atoms with E-state index in [0.29, 0.717) is 48.4 Å². The van der Waals surface area contributed by atoms with Crippen molar-refractivity contribution >= 4 is 24.9 Å². The Balaban J connectivity index is -0.000000784. The van der Waals surface area contributed by atoms with Gasteiger partial charge in [0.05, 0.1) is 26.2 Å². The fourth-order valence-corrected chi connectivity index (χ4v) is 3.96. The zero-order chi connectivity index (χ0) is 36.4. The van der Waals surface area contributed by atoms with Crippen LogP contribution in [0.25, 0.3) is 0 Å². The number of nitrogens with zero attached hydrogens (tertiary/aromatic N) is 4. The maximum absolute atomic E-state index is 11.6. The molecular weight excluding hydrogens is 786 g/mol. The molecule has 0 aliphatic carbocycles. The molecule has 0 bridgehead atoms. The molecule has 0 aromatic heterocycles. The summed E-state index contributed by atoms with van der Waals surface area (Å²) >= 11 is 0. The van der Waals surface area contributed by atoms with Crippen LogP contribution >= 0.6 is 0 Å². The molecule has 0 saturated carbocycles. The topological polar surface area (TPSA) is 291 Å². The molecule has 2 radical (unpaired) electrons. The molecular formula is C36H36ClN4O10V2-5. The number of aliphatic imine (C=N–C) groups is 4. The zero-order valence-electron chi connectivity index (χ0n) is 29.2. The molecule has 4 aromatic carbocycles. The molecule has 0 heterocycles. The molecule has 0 fully saturated rings. The minimum atomic E-state index is -4.94. The van der Waals surface area contributed by atoms with E-state index in [1.54, 1.807) is 73.4 Å². The Morgan fingerprint density at radius 1 is 0.434 bits per heavy atom. The van der Waals surface area contributed by atoms with Crippen molar-refractivity contribution in [2.24, 2.45) is 20.0 Å². The van der Waals surface area contributed by atoms with Gasteiger partial charge in [-0.1, -0.05) is 95.1 Å². The van der Waals surface area contributed by atoms with Gasteiger partial charge in [-0.05, 0) is 49.9 Å². The monoisotopic (exact) mass is 821 g/mol. The Morgan fingerprint density at radius 2 is 0.604 bits per heavy atom. The summed E-state index contributed by atoms with van der Waals surface area (Å²) in [6, 6.07) is 20.6. The maximum atomic E-state index is 11.6. The van der Waals surface area contributed by atoms with Gasteiger partial charge in [-0.2, -0.15) is 0 Å². The van der Waals surface area contributed by atoms with Gasteiger partial charge in [0.15, 0.2) is 0 Å². The third kappa shape index (κ3) is 23.3. The van der Waals surface area contributed by atoms with Crippen LogP contribution in [0.3, 0.4) is 0 Å². The molecule has 0 aliphatic heterocycles. The average Bonchev–Trinajstić information content (AvgIpc) is 3.02. The predicted octanol–water partition coefficient (Wildman–Crippen LogP) is -1.02. The molecule has 0 N–H and O–H groups in total. The molecule has 0 unspecified atom stereocenters. The van der Waals surface area contributed by atoms with Crippen LogP contribution in [0.2, 0.25) is 0 Å². The summed E-state index contributed by atoms with van der Waals surface area (Å²) in [6.45, 7) is 9.64. The van der Waals surface area contributed by atoms with E-state index in [2.05, 4.69) is 20.0 Å². The number of hydrogen-bond donors (Lipinski definition) is 0. The molecule has 53 heavy (non-hydrogen) atoms. The van der Waals surface area contributed by atoms with Crippen LogP contribution in [0.4, 0.5) is 0 Å². The van der Waals surface area contributed by atoms with Gasteiger partial charge in [0.1, 0.15) is 0 Å². The molecule has 0 aliphatic rings. The second-order valence-electron chi connectivity index (χ2n) is 10.7. The van der Waals surface area contributed by atoms with E-state index in [-0.39, 0.29) is 71.1 Å². The summed E-state index contributed by atoms with van der Waals surface area (Å²) in [5, 5.41) is 46.4. The molecule has 4 aromatic rings. The first-order chi connectivity index (χ1) is 23.1. The van der Waals surface area contributed by atoms with E-state index in [1.807, 2.05) is 52.0 Å². The fraction of sp³-hybridized carbons (Fsp3) is 0.222. The van der Waals surface area contributed by atoms with E-state index in [9.17, 15) is 20.4 Å². The summed E-state index contributed by atoms with van der Waals surface area (Å²) in [7, 11) is -4.94. The van der Waals surface area contributed by atoms with Crippen LogP contribution in [0.5, 0.6) is 23.0 Å². The maximum Gasteiger partial charge on any atom is 4.00 e. The van der Waals surface area contributed by atoms with Crippen molar-refractivity contribution in [3.63, 3.8) is 0 Å². The number of hydrogen-bond acceptors (Lipinski definition) is 12. The summed E-state index contributed by atoms with van der Waals surface area (Å²) in [5.41, 5.74) is 6.47. The first kappa shape index (κ1) is 53.3. The Bertz CT molecular complexity index is 1530. The molecule has 282 valence electrons. The van der Waals surface area contributed by atoms with Crippen LogP contribution in [0.15, 0.2) is 92.8 Å². The molecule has 14 nitrogen and oxygen atoms in total. The first-order valence-corrected chi connectivity index (χ1v) is 16.1. The summed E-state index contributed by atoms with van der Waals surface area (Å²) in [4.78, 5) is 16.8. The van der Waals surface area contributed by atoms with Crippen LogP contribution in [-0.4, -0.2) is 51.0 Å². The SMILES string of the molecule is Cc1ccc([O-])c(C=NCCN=Cc2cc(C)ccc2[O-])c1.Cc1ccc([O-])c(C=NCCN=Cc2cc(C)ccc2[O-])c1.[O-2].[O-2].[O-][Cl+3]([O-])([O-])[O-].[V+4].[V]. The summed E-state index contributed by atoms with van der Waals surface area (Å²) in [5.74, 6) is -0.135. The smallest absolute Gasteiger partial charge is 2.00 e. The molecule has 0 saturated heterocycles. The van der Waals surface area contributed by atoms with E-state index >= 15 is 0 Å². The van der Waals surface area contributed by atoms with Gasteiger partial charge in [0.2, 0.25) is 0 Å². The standard InChI is InChI=1S/2C18H20N2O2.ClHO4.2O.2V/c2*1-13-3-5-17(21)15(9-13)11-19-7-8-20-12-16-10-14(2)4-6-18(16)22;2-1(3,4)5;;;;/h2*3-6,9-12,21-22H,7-8H2,1-2H3;(H,2,3,4,5);;;;/q;;;2*-2;;+4/p-5. The molecule has 0 amide bonds. The quantitative estimate of drug-likeness (QED) is 0.141. The predicted molar refractivity (Wildman–Crippen MR) is 174 cm³/mol. The van der Waals surface area contributed by atoms with E-state index < -0.39 is 10.2 Å². The van der Waals surface area contributed by atoms with Gasteiger partial charge in [-0.25, -0.2) is 18.6 Å². The van der Waals surface area contributed by atoms with E-state index in [4.69, 9.17) is 18.6 Å². The van der Waals surface area contributed by atoms with Gasteiger partial charge in [0, 0.05) is 43.4 Å². The molecule has 0 atom stereocenters. The second kappa shape index (κ2) is 27.6. The van der Waals surface area contributed by atoms with Crippen molar-refractivity contribution in [2.45, 2.75) is 27.7 Å². The van der Waals surface area contributed by atoms with Crippen molar-refractivity contribution in [1.82, 2.24) is 0 Å². The normalized spacial score (nSPS) is 10.7. The van der Waals surface area contributed by atoms with Crippen molar-refractivity contribution in [3.05, 3.63) is 117 Å². The van der Waals surface area contributed by atoms with Crippen molar-refractivity contribution in [3.8, 4) is 23.0 Å². The fourth-order valence-electron chi connectivity index (χ4n) is 3.96. The van der Waals surface area contributed by atoms with Gasteiger partial charge < -0.3 is 31.4 Å². The summed E-state index contributed by atoms with van der Waals surface area (Å²) < 4.78 is 34.0. The van der Waals surface area contributed by atoms with Crippen LogP contribution in [0, 0.1) is 37.9 Å². The van der Waals surface area contributed by atoms with Crippen LogP contribution in [-0.2, 0) is 48.1 Å². The van der Waals surface area contributed by atoms with Crippen molar-refractivity contribution in [1.29, 1.82) is 0 Å². The third-order valence-electron chi connectivity index (χ3n) is 6.30. The Kier molecular flexibility index (Phi) is 27.7. The molecule has 0 spiro atoms. The average molecular weight is 822 g/mol. The third-order valence-corrected chi connectivity index (χ3v) is 6.30. The molecule has 4 rings (SSSR count). The van der Waals surface area contributed by atoms with Gasteiger partial charge >= 0.3 is 18.6 Å². The number of rotatable bonds is 10. The minimum absolute atomic E-state index is 0. The number of benzene rings is 4. The van der Waals surface area contributed by atoms with E-state index in [0.717, 1.165) is 22.3 Å². The number of halogens is 1. The Labute approximate surface area is 334 Å².